The predicted molar refractivity (Wildman–Crippen MR) is 76.0 cm³/mol. The summed E-state index contributed by atoms with van der Waals surface area (Å²) in [6, 6.07) is 7.53. The van der Waals surface area contributed by atoms with E-state index in [-0.39, 0.29) is 6.04 Å². The highest BCUT2D eigenvalue weighted by Crippen LogP contribution is 2.18. The molecule has 1 unspecified atom stereocenters. The fourth-order valence-corrected chi connectivity index (χ4v) is 1.31. The van der Waals surface area contributed by atoms with E-state index in [1.54, 1.807) is 18.2 Å². The fraction of sp³-hybridized carbons (Fsp3) is 0.0714. The topological polar surface area (TPSA) is 50.4 Å². The zero-order valence-corrected chi connectivity index (χ0v) is 9.76. The summed E-state index contributed by atoms with van der Waals surface area (Å²) >= 11 is 0. The molecule has 0 aliphatic rings. The van der Waals surface area contributed by atoms with Gasteiger partial charge in [-0.15, -0.1) is 6.58 Å². The zero-order valence-electron chi connectivity index (χ0n) is 9.76. The third kappa shape index (κ3) is 3.74. The molecule has 0 amide bonds. The second kappa shape index (κ2) is 6.45. The van der Waals surface area contributed by atoms with Crippen LogP contribution in [0.4, 0.5) is 5.69 Å². The van der Waals surface area contributed by atoms with Crippen molar-refractivity contribution in [3.8, 4) is 0 Å². The van der Waals surface area contributed by atoms with Crippen molar-refractivity contribution in [3.63, 3.8) is 0 Å². The molecule has 0 saturated carbocycles. The van der Waals surface area contributed by atoms with Gasteiger partial charge >= 0.3 is 0 Å². The molecule has 0 bridgehead atoms. The van der Waals surface area contributed by atoms with Gasteiger partial charge in [0.2, 0.25) is 0 Å². The van der Waals surface area contributed by atoms with Crippen LogP contribution in [0.25, 0.3) is 6.08 Å². The van der Waals surface area contributed by atoms with Gasteiger partial charge in [-0.3, -0.25) is 0 Å². The summed E-state index contributed by atoms with van der Waals surface area (Å²) in [4.78, 5) is 3.88. The Bertz CT molecular complexity index is 447. The number of anilines is 1. The van der Waals surface area contributed by atoms with E-state index < -0.39 is 0 Å². The Morgan fingerprint density at radius 3 is 2.65 bits per heavy atom. The molecule has 88 valence electrons. The Morgan fingerprint density at radius 2 is 2.06 bits per heavy atom. The smallest absolute Gasteiger partial charge is 0.127 e. The summed E-state index contributed by atoms with van der Waals surface area (Å²) < 4.78 is 0. The molecule has 1 atom stereocenters. The number of hydrogen-bond donors (Lipinski definition) is 2. The average Bonchev–Trinajstić information content (AvgIpc) is 2.38. The minimum Gasteiger partial charge on any atom is -0.340 e. The molecule has 3 heteroatoms. The van der Waals surface area contributed by atoms with Crippen molar-refractivity contribution in [1.29, 1.82) is 0 Å². The lowest BCUT2D eigenvalue weighted by atomic mass is 10.2. The van der Waals surface area contributed by atoms with Gasteiger partial charge in [0.05, 0.1) is 0 Å². The maximum atomic E-state index is 5.73. The monoisotopic (exact) mass is 227 g/mol. The van der Waals surface area contributed by atoms with E-state index in [1.807, 2.05) is 24.3 Å². The second-order valence-corrected chi connectivity index (χ2v) is 3.44. The minimum atomic E-state index is -0.251. The molecule has 0 saturated heterocycles. The highest BCUT2D eigenvalue weighted by Gasteiger charge is 2.01. The Hall–Kier alpha value is -2.13. The summed E-state index contributed by atoms with van der Waals surface area (Å²) in [7, 11) is 0. The molecule has 0 radical (unpaired) electrons. The number of hydrogen-bond acceptors (Lipinski definition) is 3. The van der Waals surface area contributed by atoms with Crippen molar-refractivity contribution < 1.29 is 0 Å². The van der Waals surface area contributed by atoms with Crippen molar-refractivity contribution in [3.05, 3.63) is 61.0 Å². The number of nitrogens with one attached hydrogen (secondary N) is 1. The first kappa shape index (κ1) is 12.9. The van der Waals surface area contributed by atoms with Crippen LogP contribution in [0.1, 0.15) is 5.56 Å². The van der Waals surface area contributed by atoms with Crippen LogP contribution in [-0.4, -0.2) is 12.8 Å². The molecule has 17 heavy (non-hydrogen) atoms. The van der Waals surface area contributed by atoms with Crippen LogP contribution in [0, 0.1) is 0 Å². The van der Waals surface area contributed by atoms with Crippen molar-refractivity contribution in [2.45, 2.75) is 6.04 Å². The molecule has 1 aromatic carbocycles. The highest BCUT2D eigenvalue weighted by atomic mass is 15.0. The fourth-order valence-electron chi connectivity index (χ4n) is 1.31. The minimum absolute atomic E-state index is 0.251. The van der Waals surface area contributed by atoms with Crippen LogP contribution in [0.15, 0.2) is 60.4 Å². The predicted octanol–water partition coefficient (Wildman–Crippen LogP) is 2.80. The van der Waals surface area contributed by atoms with Crippen LogP contribution in [0.5, 0.6) is 0 Å². The van der Waals surface area contributed by atoms with E-state index in [2.05, 4.69) is 30.2 Å². The van der Waals surface area contributed by atoms with E-state index in [0.717, 1.165) is 11.3 Å². The van der Waals surface area contributed by atoms with Gasteiger partial charge in [-0.2, -0.15) is 0 Å². The third-order valence-corrected chi connectivity index (χ3v) is 2.24. The lowest BCUT2D eigenvalue weighted by molar-refractivity contribution is 1.01. The molecular formula is C14H17N3. The van der Waals surface area contributed by atoms with Crippen LogP contribution in [0.3, 0.4) is 0 Å². The van der Waals surface area contributed by atoms with Crippen molar-refractivity contribution in [2.24, 2.45) is 10.7 Å². The molecule has 0 aromatic heterocycles. The number of nitrogens with two attached hydrogens (primary N) is 1. The molecule has 3 nitrogen and oxygen atoms in total. The third-order valence-electron chi connectivity index (χ3n) is 2.24. The zero-order chi connectivity index (χ0) is 12.7. The Balaban J connectivity index is 2.95. The van der Waals surface area contributed by atoms with Crippen LogP contribution >= 0.6 is 0 Å². The molecule has 0 spiro atoms. The van der Waals surface area contributed by atoms with Crippen molar-refractivity contribution in [1.82, 2.24) is 0 Å². The lowest BCUT2D eigenvalue weighted by Gasteiger charge is -2.10. The van der Waals surface area contributed by atoms with Gasteiger partial charge < -0.3 is 11.1 Å². The molecule has 1 aromatic rings. The summed E-state index contributed by atoms with van der Waals surface area (Å²) in [6.07, 6.45) is 5.16. The van der Waals surface area contributed by atoms with E-state index in [9.17, 15) is 0 Å². The summed E-state index contributed by atoms with van der Waals surface area (Å²) in [5.41, 5.74) is 7.64. The molecule has 0 aliphatic carbocycles. The average molecular weight is 227 g/mol. The highest BCUT2D eigenvalue weighted by molar-refractivity contribution is 5.67. The van der Waals surface area contributed by atoms with E-state index in [0.29, 0.717) is 5.82 Å². The number of para-hydroxylation sites is 1. The molecule has 0 fully saturated rings. The number of rotatable bonds is 6. The van der Waals surface area contributed by atoms with Crippen LogP contribution < -0.4 is 11.1 Å². The molecule has 1 rings (SSSR count). The molecule has 3 N–H and O–H groups in total. The molecular weight excluding hydrogens is 210 g/mol. The van der Waals surface area contributed by atoms with Gasteiger partial charge in [0.15, 0.2) is 0 Å². The Kier molecular flexibility index (Phi) is 4.91. The molecule has 0 heterocycles. The number of nitrogens with zero attached hydrogens (tertiary/aromatic N) is 1. The van der Waals surface area contributed by atoms with Gasteiger partial charge in [0.1, 0.15) is 5.82 Å². The molecule has 0 aliphatic heterocycles. The first-order chi connectivity index (χ1) is 8.21. The first-order valence-corrected chi connectivity index (χ1v) is 5.26. The van der Waals surface area contributed by atoms with Crippen LogP contribution in [-0.2, 0) is 0 Å². The van der Waals surface area contributed by atoms with Gasteiger partial charge in [0, 0.05) is 11.7 Å². The Labute approximate surface area is 102 Å². The van der Waals surface area contributed by atoms with Crippen molar-refractivity contribution >= 4 is 18.5 Å². The van der Waals surface area contributed by atoms with E-state index >= 15 is 0 Å². The van der Waals surface area contributed by atoms with Gasteiger partial charge in [-0.05, 0) is 24.4 Å². The maximum Gasteiger partial charge on any atom is 0.127 e. The van der Waals surface area contributed by atoms with Crippen molar-refractivity contribution in [2.75, 3.05) is 5.32 Å². The van der Waals surface area contributed by atoms with Crippen LogP contribution in [0.2, 0.25) is 0 Å². The maximum absolute atomic E-state index is 5.73. The normalized spacial score (nSPS) is 12.6. The standard InChI is InChI=1S/C14H17N3/c1-4-11-8-6-7-9-13(11)17-14(16-3)10-12(15)5-2/h4-10,12,17H,1-3,15H2/b14-10+. The summed E-state index contributed by atoms with van der Waals surface area (Å²) in [5.74, 6) is 0.603. The van der Waals surface area contributed by atoms with Gasteiger partial charge in [-0.25, -0.2) is 4.99 Å². The van der Waals surface area contributed by atoms with Gasteiger partial charge in [0.25, 0.3) is 0 Å². The SMILES string of the molecule is C=Cc1ccccc1N/C(=C/C(N)C=C)N=C. The van der Waals surface area contributed by atoms with E-state index in [4.69, 9.17) is 5.73 Å². The summed E-state index contributed by atoms with van der Waals surface area (Å²) in [5, 5.41) is 3.15. The largest absolute Gasteiger partial charge is 0.340 e. The Morgan fingerprint density at radius 1 is 1.35 bits per heavy atom. The second-order valence-electron chi connectivity index (χ2n) is 3.44. The van der Waals surface area contributed by atoms with E-state index in [1.165, 1.54) is 0 Å². The summed E-state index contributed by atoms with van der Waals surface area (Å²) in [6.45, 7) is 10.9. The first-order valence-electron chi connectivity index (χ1n) is 5.26. The quantitative estimate of drug-likeness (QED) is 0.580. The number of benzene rings is 1. The number of aliphatic imine (C=N–C) groups is 1. The van der Waals surface area contributed by atoms with Gasteiger partial charge in [-0.1, -0.05) is 36.9 Å². The lowest BCUT2D eigenvalue weighted by Crippen LogP contribution is -2.15.